The van der Waals surface area contributed by atoms with E-state index < -0.39 is 73.3 Å². The summed E-state index contributed by atoms with van der Waals surface area (Å²) in [5.74, 6) is -2.41. The van der Waals surface area contributed by atoms with Gasteiger partial charge >= 0.3 is 5.97 Å². The van der Waals surface area contributed by atoms with Crippen LogP contribution in [-0.4, -0.2) is 113 Å². The molecule has 13 heteroatoms. The number of fused-ring (bicyclic) bond motifs is 1. The maximum Gasteiger partial charge on any atom is 0.338 e. The largest absolute Gasteiger partial charge is 0.456 e. The summed E-state index contributed by atoms with van der Waals surface area (Å²) in [5, 5.41) is 51.4. The number of aliphatic hydroxyl groups is 5. The van der Waals surface area contributed by atoms with E-state index in [4.69, 9.17) is 23.7 Å². The number of carbonyl (C=O) groups excluding carboxylic acids is 2. The third-order valence-electron chi connectivity index (χ3n) is 8.97. The Balaban J connectivity index is 1.19. The molecule has 270 valence electrons. The van der Waals surface area contributed by atoms with E-state index in [1.165, 1.54) is 0 Å². The Hall–Kier alpha value is -4.28. The molecule has 0 radical (unpaired) electrons. The third kappa shape index (κ3) is 7.97. The molecule has 6 N–H and O–H groups in total. The summed E-state index contributed by atoms with van der Waals surface area (Å²) in [6, 6.07) is 25.5. The molecule has 2 aliphatic heterocycles. The summed E-state index contributed by atoms with van der Waals surface area (Å²) in [4.78, 5) is 26.8. The maximum atomic E-state index is 13.7. The van der Waals surface area contributed by atoms with Crippen LogP contribution in [0.25, 0.3) is 6.08 Å². The maximum absolute atomic E-state index is 13.7. The van der Waals surface area contributed by atoms with Gasteiger partial charge in [-0.1, -0.05) is 84.9 Å². The number of rotatable bonds is 12. The van der Waals surface area contributed by atoms with E-state index in [0.717, 1.165) is 11.1 Å². The fourth-order valence-electron chi connectivity index (χ4n) is 6.39. The van der Waals surface area contributed by atoms with Crippen molar-refractivity contribution in [3.05, 3.63) is 125 Å². The van der Waals surface area contributed by atoms with Crippen molar-refractivity contribution < 1.29 is 58.8 Å². The molecular weight excluding hydrogens is 662 g/mol. The van der Waals surface area contributed by atoms with Crippen molar-refractivity contribution in [2.75, 3.05) is 26.4 Å². The second-order valence-corrected chi connectivity index (χ2v) is 12.4. The average Bonchev–Trinajstić information content (AvgIpc) is 3.57. The van der Waals surface area contributed by atoms with Crippen molar-refractivity contribution in [3.63, 3.8) is 0 Å². The van der Waals surface area contributed by atoms with Gasteiger partial charge in [-0.2, -0.15) is 0 Å². The van der Waals surface area contributed by atoms with Gasteiger partial charge in [0.05, 0.1) is 25.4 Å². The lowest BCUT2D eigenvalue weighted by atomic mass is 9.91. The number of amides is 1. The standard InChI is InChI=1S/C38H41NO12/c40-17-16-39-35(45)25-20-28(34-29(21-25)50-38(51-34,26-12-3-1-4-13-26)27-14-5-2-6-15-27)48-36(46)24-11-7-9-23(19-24)10-8-18-47-37-33(44)32(43)31(42)30(22-41)49-37/h1-15,19,21,28-34,37,40-44H,16-18,20,22H2,(H,39,45)/t28-,29-,30-,31+,32+,33-,34+,37+/m1/s1. The second-order valence-electron chi connectivity index (χ2n) is 12.4. The van der Waals surface area contributed by atoms with Crippen LogP contribution in [0, 0.1) is 0 Å². The quantitative estimate of drug-likeness (QED) is 0.148. The fraction of sp³-hybridized carbons (Fsp3) is 0.368. The highest BCUT2D eigenvalue weighted by Gasteiger charge is 2.55. The first kappa shape index (κ1) is 36.5. The number of hydrogen-bond acceptors (Lipinski definition) is 12. The first-order valence-electron chi connectivity index (χ1n) is 16.7. The Kier molecular flexibility index (Phi) is 11.7. The van der Waals surface area contributed by atoms with Crippen LogP contribution in [0.4, 0.5) is 0 Å². The lowest BCUT2D eigenvalue weighted by Crippen LogP contribution is -2.59. The van der Waals surface area contributed by atoms with E-state index >= 15 is 0 Å². The van der Waals surface area contributed by atoms with Crippen molar-refractivity contribution in [1.82, 2.24) is 5.32 Å². The van der Waals surface area contributed by atoms with Crippen LogP contribution in [0.15, 0.2) is 103 Å². The van der Waals surface area contributed by atoms with E-state index in [9.17, 15) is 35.1 Å². The van der Waals surface area contributed by atoms with Gasteiger partial charge in [-0.25, -0.2) is 4.79 Å². The number of hydrogen-bond donors (Lipinski definition) is 6. The summed E-state index contributed by atoms with van der Waals surface area (Å²) in [6.45, 7) is -0.810. The Morgan fingerprint density at radius 2 is 1.59 bits per heavy atom. The SMILES string of the molecule is O=C(NCCO)C1=C[C@H]2OC(c3ccccc3)(c3ccccc3)O[C@H]2[C@H](OC(=O)c2cccc(C=CCO[C@H]3O[C@H](CO)[C@H](O)[C@H](O)[C@H]3O)c2)C1. The Morgan fingerprint density at radius 3 is 2.25 bits per heavy atom. The van der Waals surface area contributed by atoms with Crippen LogP contribution in [-0.2, 0) is 34.3 Å². The molecule has 3 aromatic rings. The summed E-state index contributed by atoms with van der Waals surface area (Å²) in [7, 11) is 0. The van der Waals surface area contributed by atoms with E-state index in [1.54, 1.807) is 42.5 Å². The van der Waals surface area contributed by atoms with Crippen molar-refractivity contribution in [1.29, 1.82) is 0 Å². The molecule has 0 aromatic heterocycles. The summed E-state index contributed by atoms with van der Waals surface area (Å²) >= 11 is 0. The molecule has 13 nitrogen and oxygen atoms in total. The molecule has 0 bridgehead atoms. The second kappa shape index (κ2) is 16.4. The Bertz CT molecular complexity index is 1660. The molecule has 51 heavy (non-hydrogen) atoms. The number of benzene rings is 3. The molecule has 8 atom stereocenters. The van der Waals surface area contributed by atoms with Crippen molar-refractivity contribution in [2.24, 2.45) is 0 Å². The summed E-state index contributed by atoms with van der Waals surface area (Å²) in [6.07, 6.45) is -4.37. The summed E-state index contributed by atoms with van der Waals surface area (Å²) in [5.41, 5.74) is 2.65. The van der Waals surface area contributed by atoms with Crippen LogP contribution in [0.5, 0.6) is 0 Å². The fourth-order valence-corrected chi connectivity index (χ4v) is 6.39. The van der Waals surface area contributed by atoms with Gasteiger partial charge in [0.2, 0.25) is 11.7 Å². The minimum Gasteiger partial charge on any atom is -0.456 e. The van der Waals surface area contributed by atoms with E-state index in [2.05, 4.69) is 5.32 Å². The van der Waals surface area contributed by atoms with Gasteiger partial charge in [0.1, 0.15) is 42.7 Å². The molecule has 0 spiro atoms. The smallest absolute Gasteiger partial charge is 0.338 e. The van der Waals surface area contributed by atoms with Crippen molar-refractivity contribution in [3.8, 4) is 0 Å². The molecule has 0 unspecified atom stereocenters. The van der Waals surface area contributed by atoms with Crippen LogP contribution in [0.2, 0.25) is 0 Å². The van der Waals surface area contributed by atoms with Gasteiger partial charge in [0, 0.05) is 29.7 Å². The minimum absolute atomic E-state index is 0.0437. The monoisotopic (exact) mass is 703 g/mol. The van der Waals surface area contributed by atoms with Crippen LogP contribution in [0.1, 0.15) is 33.5 Å². The zero-order chi connectivity index (χ0) is 36.0. The van der Waals surface area contributed by atoms with Gasteiger partial charge in [0.25, 0.3) is 0 Å². The van der Waals surface area contributed by atoms with Crippen LogP contribution < -0.4 is 5.32 Å². The molecule has 1 amide bonds. The van der Waals surface area contributed by atoms with Crippen LogP contribution >= 0.6 is 0 Å². The zero-order valence-electron chi connectivity index (χ0n) is 27.6. The predicted octanol–water partition coefficient (Wildman–Crippen LogP) is 1.17. The Morgan fingerprint density at radius 1 is 0.882 bits per heavy atom. The first-order chi connectivity index (χ1) is 24.7. The first-order valence-corrected chi connectivity index (χ1v) is 16.7. The average molecular weight is 704 g/mol. The van der Waals surface area contributed by atoms with Crippen LogP contribution in [0.3, 0.4) is 0 Å². The highest BCUT2D eigenvalue weighted by molar-refractivity contribution is 5.94. The minimum atomic E-state index is -1.55. The topological polar surface area (TPSA) is 193 Å². The third-order valence-corrected chi connectivity index (χ3v) is 8.97. The van der Waals surface area contributed by atoms with Crippen molar-refractivity contribution in [2.45, 2.75) is 61.2 Å². The van der Waals surface area contributed by atoms with Gasteiger partial charge in [-0.05, 0) is 23.8 Å². The summed E-state index contributed by atoms with van der Waals surface area (Å²) < 4.78 is 30.4. The molecule has 0 saturated carbocycles. The molecule has 2 heterocycles. The number of ether oxygens (including phenoxy) is 5. The molecular formula is C38H41NO12. The number of carbonyl (C=O) groups is 2. The normalized spacial score (nSPS) is 28.5. The predicted molar refractivity (Wildman–Crippen MR) is 181 cm³/mol. The molecule has 6 rings (SSSR count). The molecule has 3 aromatic carbocycles. The Labute approximate surface area is 294 Å². The molecule has 2 fully saturated rings. The van der Waals surface area contributed by atoms with E-state index in [0.29, 0.717) is 11.1 Å². The van der Waals surface area contributed by atoms with E-state index in [1.807, 2.05) is 60.7 Å². The molecule has 1 aliphatic carbocycles. The van der Waals surface area contributed by atoms with Gasteiger partial charge in [-0.3, -0.25) is 4.79 Å². The van der Waals surface area contributed by atoms with Gasteiger partial charge in [-0.15, -0.1) is 0 Å². The zero-order valence-corrected chi connectivity index (χ0v) is 27.6. The van der Waals surface area contributed by atoms with Gasteiger partial charge < -0.3 is 54.5 Å². The molecule has 2 saturated heterocycles. The highest BCUT2D eigenvalue weighted by Crippen LogP contribution is 2.47. The highest BCUT2D eigenvalue weighted by atomic mass is 16.8. The number of nitrogens with one attached hydrogen (secondary N) is 1. The van der Waals surface area contributed by atoms with Crippen molar-refractivity contribution >= 4 is 18.0 Å². The lowest BCUT2D eigenvalue weighted by Gasteiger charge is -2.39. The number of esters is 1. The van der Waals surface area contributed by atoms with E-state index in [-0.39, 0.29) is 31.7 Å². The lowest BCUT2D eigenvalue weighted by molar-refractivity contribution is -0.298. The number of aliphatic hydroxyl groups excluding tert-OH is 5. The molecule has 3 aliphatic rings. The van der Waals surface area contributed by atoms with Gasteiger partial charge in [0.15, 0.2) is 6.29 Å².